The van der Waals surface area contributed by atoms with Gasteiger partial charge in [-0.25, -0.2) is 9.37 Å². The van der Waals surface area contributed by atoms with Gasteiger partial charge in [0.2, 0.25) is 0 Å². The highest BCUT2D eigenvalue weighted by Crippen LogP contribution is 2.26. The molecule has 1 saturated heterocycles. The summed E-state index contributed by atoms with van der Waals surface area (Å²) < 4.78 is 14.2. The Bertz CT molecular complexity index is 693. The van der Waals surface area contributed by atoms with Gasteiger partial charge in [0.15, 0.2) is 0 Å². The van der Waals surface area contributed by atoms with Gasteiger partial charge in [-0.3, -0.25) is 0 Å². The van der Waals surface area contributed by atoms with Crippen molar-refractivity contribution in [2.75, 3.05) is 25.1 Å². The van der Waals surface area contributed by atoms with Crippen LogP contribution in [0.15, 0.2) is 41.7 Å². The van der Waals surface area contributed by atoms with E-state index in [1.54, 1.807) is 24.4 Å². The minimum Gasteiger partial charge on any atom is -0.399 e. The van der Waals surface area contributed by atoms with E-state index in [1.807, 2.05) is 17.0 Å². The van der Waals surface area contributed by atoms with Gasteiger partial charge in [-0.05, 0) is 12.1 Å². The van der Waals surface area contributed by atoms with Crippen LogP contribution in [0.3, 0.4) is 0 Å². The van der Waals surface area contributed by atoms with Crippen LogP contribution in [0.1, 0.15) is 5.56 Å². The molecule has 0 saturated carbocycles. The molecule has 6 heteroatoms. The van der Waals surface area contributed by atoms with Gasteiger partial charge in [-0.2, -0.15) is 0 Å². The molecule has 5 nitrogen and oxygen atoms in total. The fourth-order valence-electron chi connectivity index (χ4n) is 2.40. The molecule has 0 spiro atoms. The molecule has 1 fully saturated rings. The van der Waals surface area contributed by atoms with E-state index < -0.39 is 5.82 Å². The summed E-state index contributed by atoms with van der Waals surface area (Å²) in [6, 6.07) is 8.65. The number of anilines is 1. The summed E-state index contributed by atoms with van der Waals surface area (Å²) in [6.07, 6.45) is 1.64. The lowest BCUT2D eigenvalue weighted by Gasteiger charge is -2.32. The number of aliphatic hydroxyl groups excluding tert-OH is 1. The number of aromatic nitrogens is 1. The van der Waals surface area contributed by atoms with Crippen LogP contribution in [0.4, 0.5) is 10.2 Å². The highest BCUT2D eigenvalue weighted by Gasteiger charge is 2.23. The van der Waals surface area contributed by atoms with Crippen molar-refractivity contribution in [2.24, 2.45) is 5.16 Å². The van der Waals surface area contributed by atoms with Crippen molar-refractivity contribution < 1.29 is 14.3 Å². The van der Waals surface area contributed by atoms with Crippen molar-refractivity contribution in [3.05, 3.63) is 47.9 Å². The molecule has 1 N–H and O–H groups in total. The molecule has 0 bridgehead atoms. The average Bonchev–Trinajstić information content (AvgIpc) is 2.51. The van der Waals surface area contributed by atoms with Gasteiger partial charge in [0.25, 0.3) is 0 Å². The number of aliphatic hydroxyl groups is 1. The first-order valence-corrected chi connectivity index (χ1v) is 6.91. The summed E-state index contributed by atoms with van der Waals surface area (Å²) in [7, 11) is 1.53. The number of pyridine rings is 1. The van der Waals surface area contributed by atoms with E-state index in [4.69, 9.17) is 9.94 Å². The van der Waals surface area contributed by atoms with Crippen LogP contribution in [-0.2, 0) is 11.4 Å². The van der Waals surface area contributed by atoms with Crippen LogP contribution in [-0.4, -0.2) is 36.0 Å². The Balaban J connectivity index is 1.79. The topological polar surface area (TPSA) is 58.0 Å². The van der Waals surface area contributed by atoms with Crippen molar-refractivity contribution >= 4 is 11.5 Å². The van der Waals surface area contributed by atoms with E-state index in [0.717, 1.165) is 11.5 Å². The lowest BCUT2D eigenvalue weighted by Crippen LogP contribution is -2.48. The van der Waals surface area contributed by atoms with Crippen LogP contribution < -0.4 is 4.90 Å². The second kappa shape index (κ2) is 6.11. The molecule has 1 aliphatic rings. The molecular formula is C16H16FN3O2. The van der Waals surface area contributed by atoms with Gasteiger partial charge in [0.1, 0.15) is 18.7 Å². The maximum atomic E-state index is 14.2. The molecule has 0 amide bonds. The van der Waals surface area contributed by atoms with Gasteiger partial charge in [-0.1, -0.05) is 23.4 Å². The third-order valence-electron chi connectivity index (χ3n) is 3.60. The van der Waals surface area contributed by atoms with Crippen molar-refractivity contribution in [3.8, 4) is 11.1 Å². The fourth-order valence-corrected chi connectivity index (χ4v) is 2.40. The van der Waals surface area contributed by atoms with Gasteiger partial charge >= 0.3 is 0 Å². The quantitative estimate of drug-likeness (QED) is 0.880. The van der Waals surface area contributed by atoms with E-state index in [9.17, 15) is 4.39 Å². The Morgan fingerprint density at radius 2 is 2.14 bits per heavy atom. The third-order valence-corrected chi connectivity index (χ3v) is 3.60. The summed E-state index contributed by atoms with van der Waals surface area (Å²) in [4.78, 5) is 11.1. The second-order valence-corrected chi connectivity index (χ2v) is 5.04. The van der Waals surface area contributed by atoms with Crippen molar-refractivity contribution in [2.45, 2.75) is 6.61 Å². The highest BCUT2D eigenvalue weighted by molar-refractivity contribution is 5.99. The maximum absolute atomic E-state index is 14.2. The first-order chi connectivity index (χ1) is 10.7. The first kappa shape index (κ1) is 14.5. The van der Waals surface area contributed by atoms with E-state index in [0.29, 0.717) is 24.2 Å². The normalized spacial score (nSPS) is 13.8. The van der Waals surface area contributed by atoms with Crippen LogP contribution in [0.5, 0.6) is 0 Å². The van der Waals surface area contributed by atoms with Gasteiger partial charge in [-0.15, -0.1) is 0 Å². The molecule has 2 aromatic rings. The number of oxime groups is 1. The van der Waals surface area contributed by atoms with Gasteiger partial charge < -0.3 is 14.8 Å². The van der Waals surface area contributed by atoms with E-state index >= 15 is 0 Å². The number of halogens is 1. The Morgan fingerprint density at radius 3 is 2.77 bits per heavy atom. The van der Waals surface area contributed by atoms with Crippen LogP contribution in [0.25, 0.3) is 11.1 Å². The molecule has 114 valence electrons. The summed E-state index contributed by atoms with van der Waals surface area (Å²) in [5.41, 5.74) is 2.37. The van der Waals surface area contributed by atoms with Crippen LogP contribution >= 0.6 is 0 Å². The Kier molecular flexibility index (Phi) is 4.02. The summed E-state index contributed by atoms with van der Waals surface area (Å²) in [5.74, 6) is 0.413. The first-order valence-electron chi connectivity index (χ1n) is 6.91. The summed E-state index contributed by atoms with van der Waals surface area (Å²) in [6.45, 7) is 1.06. The zero-order valence-corrected chi connectivity index (χ0v) is 12.2. The molecule has 3 rings (SSSR count). The van der Waals surface area contributed by atoms with Crippen LogP contribution in [0.2, 0.25) is 0 Å². The van der Waals surface area contributed by atoms with Crippen molar-refractivity contribution in [1.82, 2.24) is 4.98 Å². The molecule has 0 aliphatic carbocycles. The number of benzene rings is 1. The fraction of sp³-hybridized carbons (Fsp3) is 0.250. The molecule has 1 aromatic carbocycles. The Labute approximate surface area is 127 Å². The lowest BCUT2D eigenvalue weighted by atomic mass is 10.0. The Morgan fingerprint density at radius 1 is 1.32 bits per heavy atom. The number of hydrogen-bond acceptors (Lipinski definition) is 5. The van der Waals surface area contributed by atoms with Gasteiger partial charge in [0.05, 0.1) is 25.4 Å². The predicted molar refractivity (Wildman–Crippen MR) is 82.2 cm³/mol. The van der Waals surface area contributed by atoms with Gasteiger partial charge in [0, 0.05) is 22.9 Å². The second-order valence-electron chi connectivity index (χ2n) is 5.04. The molecule has 0 unspecified atom stereocenters. The SMILES string of the molecule is CON=C1CN(c2ccc(-c3cccc(CO)c3F)cn2)C1. The molecule has 1 aromatic heterocycles. The highest BCUT2D eigenvalue weighted by atomic mass is 19.1. The van der Waals surface area contributed by atoms with Crippen molar-refractivity contribution in [3.63, 3.8) is 0 Å². The standard InChI is InChI=1S/C16H16FN3O2/c1-22-19-13-8-20(9-13)15-6-5-11(7-18-15)14-4-2-3-12(10-21)16(14)17/h2-7,21H,8-10H2,1H3. The predicted octanol–water partition coefficient (Wildman–Crippen LogP) is 2.20. The zero-order chi connectivity index (χ0) is 15.5. The monoisotopic (exact) mass is 301 g/mol. The number of nitrogens with zero attached hydrogens (tertiary/aromatic N) is 3. The zero-order valence-electron chi connectivity index (χ0n) is 12.2. The molecular weight excluding hydrogens is 285 g/mol. The molecule has 22 heavy (non-hydrogen) atoms. The molecule has 1 aliphatic heterocycles. The smallest absolute Gasteiger partial charge is 0.136 e. The van der Waals surface area contributed by atoms with E-state index in [-0.39, 0.29) is 12.2 Å². The van der Waals surface area contributed by atoms with E-state index in [1.165, 1.54) is 7.11 Å². The third kappa shape index (κ3) is 2.65. The maximum Gasteiger partial charge on any atom is 0.136 e. The average molecular weight is 301 g/mol. The summed E-state index contributed by atoms with van der Waals surface area (Å²) >= 11 is 0. The number of rotatable bonds is 4. The minimum absolute atomic E-state index is 0.282. The minimum atomic E-state index is -0.405. The largest absolute Gasteiger partial charge is 0.399 e. The lowest BCUT2D eigenvalue weighted by molar-refractivity contribution is 0.211. The van der Waals surface area contributed by atoms with Crippen LogP contribution in [0, 0.1) is 5.82 Å². The molecule has 0 radical (unpaired) electrons. The Hall–Kier alpha value is -2.47. The van der Waals surface area contributed by atoms with E-state index in [2.05, 4.69) is 10.1 Å². The van der Waals surface area contributed by atoms with Crippen molar-refractivity contribution in [1.29, 1.82) is 0 Å². The molecule has 2 heterocycles. The molecule has 0 atom stereocenters. The number of hydrogen-bond donors (Lipinski definition) is 1. The summed E-state index contributed by atoms with van der Waals surface area (Å²) in [5, 5.41) is 13.0.